The minimum absolute atomic E-state index is 0.0384. The number of benzene rings is 2. The first-order valence-electron chi connectivity index (χ1n) is 9.69. The number of rotatable bonds is 6. The highest BCUT2D eigenvalue weighted by Crippen LogP contribution is 2.39. The summed E-state index contributed by atoms with van der Waals surface area (Å²) in [6, 6.07) is 15.2. The molecule has 0 aliphatic heterocycles. The van der Waals surface area contributed by atoms with Crippen LogP contribution in [-0.4, -0.2) is 25.1 Å². The Bertz CT molecular complexity index is 1200. The van der Waals surface area contributed by atoms with E-state index in [0.717, 1.165) is 28.4 Å². The Morgan fingerprint density at radius 1 is 1.10 bits per heavy atom. The number of nitrogens with zero attached hydrogens (tertiary/aromatic N) is 5. The Hall–Kier alpha value is -3.48. The van der Waals surface area contributed by atoms with Crippen LogP contribution < -0.4 is 0 Å². The first-order valence-corrected chi connectivity index (χ1v) is 9.69. The van der Waals surface area contributed by atoms with Crippen molar-refractivity contribution in [3.63, 3.8) is 0 Å². The van der Waals surface area contributed by atoms with Crippen LogP contribution in [-0.2, 0) is 17.9 Å². The first kappa shape index (κ1) is 18.9. The molecule has 2 aromatic heterocycles. The number of aromatic hydroxyl groups is 1. The number of carbonyl (C=O) groups is 1. The van der Waals surface area contributed by atoms with E-state index in [1.54, 1.807) is 10.9 Å². The van der Waals surface area contributed by atoms with E-state index in [-0.39, 0.29) is 12.4 Å². The highest BCUT2D eigenvalue weighted by Gasteiger charge is 2.17. The number of para-hydroxylation sites is 3. The van der Waals surface area contributed by atoms with Gasteiger partial charge in [0.2, 0.25) is 5.88 Å². The van der Waals surface area contributed by atoms with Crippen molar-refractivity contribution >= 4 is 33.5 Å². The maximum absolute atomic E-state index is 12.4. The molecule has 0 spiro atoms. The summed E-state index contributed by atoms with van der Waals surface area (Å²) in [5.41, 5.74) is 2.90. The molecule has 0 aliphatic carbocycles. The smallest absolute Gasteiger partial charge is 0.284 e. The van der Waals surface area contributed by atoms with Crippen molar-refractivity contribution in [3.8, 4) is 5.88 Å². The minimum atomic E-state index is -0.411. The summed E-state index contributed by atoms with van der Waals surface area (Å²) < 4.78 is 3.57. The standard InChI is InChI=1S/C22H23N5O2/c1-15(2)11-12-27-18-9-5-3-7-16(18)21(22(27)29)25-24-20(28)13-26-14-23-17-8-4-6-10-19(17)26/h3-10,14-15,29H,11-13H2,1-2H3. The van der Waals surface area contributed by atoms with E-state index in [9.17, 15) is 9.90 Å². The summed E-state index contributed by atoms with van der Waals surface area (Å²) in [5, 5.41) is 19.5. The fraction of sp³-hybridized carbons (Fsp3) is 0.273. The number of hydrogen-bond acceptors (Lipinski definition) is 4. The molecule has 29 heavy (non-hydrogen) atoms. The molecule has 4 aromatic rings. The molecule has 0 saturated carbocycles. The molecule has 0 aliphatic rings. The van der Waals surface area contributed by atoms with Gasteiger partial charge in [0, 0.05) is 11.9 Å². The Morgan fingerprint density at radius 2 is 1.83 bits per heavy atom. The number of hydrogen-bond donors (Lipinski definition) is 1. The molecule has 0 atom stereocenters. The number of aromatic nitrogens is 3. The maximum Gasteiger partial charge on any atom is 0.284 e. The second-order valence-corrected chi connectivity index (χ2v) is 7.48. The van der Waals surface area contributed by atoms with Crippen LogP contribution >= 0.6 is 0 Å². The third kappa shape index (κ3) is 3.76. The van der Waals surface area contributed by atoms with Gasteiger partial charge in [-0.1, -0.05) is 44.2 Å². The van der Waals surface area contributed by atoms with Crippen molar-refractivity contribution in [2.75, 3.05) is 0 Å². The van der Waals surface area contributed by atoms with E-state index in [2.05, 4.69) is 29.1 Å². The van der Waals surface area contributed by atoms with Gasteiger partial charge in [-0.05, 0) is 30.5 Å². The van der Waals surface area contributed by atoms with E-state index in [0.29, 0.717) is 18.2 Å². The number of imidazole rings is 1. The van der Waals surface area contributed by atoms with Crippen molar-refractivity contribution in [1.29, 1.82) is 0 Å². The second-order valence-electron chi connectivity index (χ2n) is 7.48. The Balaban J connectivity index is 1.60. The molecule has 0 unspecified atom stereocenters. The normalized spacial score (nSPS) is 12.0. The van der Waals surface area contributed by atoms with Crippen LogP contribution in [0.2, 0.25) is 0 Å². The molecule has 7 heteroatoms. The third-order valence-electron chi connectivity index (χ3n) is 4.94. The molecule has 0 saturated heterocycles. The van der Waals surface area contributed by atoms with Crippen molar-refractivity contribution in [2.45, 2.75) is 33.4 Å². The zero-order valence-corrected chi connectivity index (χ0v) is 16.5. The van der Waals surface area contributed by atoms with Gasteiger partial charge in [-0.15, -0.1) is 10.2 Å². The van der Waals surface area contributed by atoms with E-state index >= 15 is 0 Å². The van der Waals surface area contributed by atoms with Crippen LogP contribution in [0.5, 0.6) is 5.88 Å². The van der Waals surface area contributed by atoms with Crippen LogP contribution in [0.3, 0.4) is 0 Å². The number of amides is 1. The van der Waals surface area contributed by atoms with Crippen molar-refractivity contribution < 1.29 is 9.90 Å². The van der Waals surface area contributed by atoms with Gasteiger partial charge < -0.3 is 14.2 Å². The molecule has 0 bridgehead atoms. The Labute approximate surface area is 168 Å². The molecule has 7 nitrogen and oxygen atoms in total. The third-order valence-corrected chi connectivity index (χ3v) is 4.94. The molecular weight excluding hydrogens is 366 g/mol. The van der Waals surface area contributed by atoms with Gasteiger partial charge in [-0.25, -0.2) is 4.98 Å². The van der Waals surface area contributed by atoms with E-state index in [1.807, 2.05) is 53.1 Å². The molecule has 4 rings (SSSR count). The predicted octanol–water partition coefficient (Wildman–Crippen LogP) is 5.05. The van der Waals surface area contributed by atoms with Gasteiger partial charge in [0.1, 0.15) is 6.54 Å². The fourth-order valence-corrected chi connectivity index (χ4v) is 3.40. The quantitative estimate of drug-likeness (QED) is 0.468. The first-order chi connectivity index (χ1) is 14.0. The van der Waals surface area contributed by atoms with Crippen molar-refractivity contribution in [2.24, 2.45) is 16.1 Å². The van der Waals surface area contributed by atoms with E-state index < -0.39 is 5.91 Å². The summed E-state index contributed by atoms with van der Waals surface area (Å²) in [7, 11) is 0. The fourth-order valence-electron chi connectivity index (χ4n) is 3.40. The van der Waals surface area contributed by atoms with Crippen LogP contribution in [0, 0.1) is 5.92 Å². The molecule has 0 fully saturated rings. The summed E-state index contributed by atoms with van der Waals surface area (Å²) in [4.78, 5) is 16.7. The highest BCUT2D eigenvalue weighted by atomic mass is 16.3. The van der Waals surface area contributed by atoms with Gasteiger partial charge in [0.05, 0.1) is 22.9 Å². The molecule has 0 radical (unpaired) electrons. The average Bonchev–Trinajstić information content (AvgIpc) is 3.23. The monoisotopic (exact) mass is 389 g/mol. The lowest BCUT2D eigenvalue weighted by Gasteiger charge is -2.08. The Morgan fingerprint density at radius 3 is 2.62 bits per heavy atom. The predicted molar refractivity (Wildman–Crippen MR) is 112 cm³/mol. The maximum atomic E-state index is 12.4. The lowest BCUT2D eigenvalue weighted by molar-refractivity contribution is -0.118. The zero-order valence-electron chi connectivity index (χ0n) is 16.5. The summed E-state index contributed by atoms with van der Waals surface area (Å²) in [6.07, 6.45) is 2.54. The molecule has 1 amide bonds. The van der Waals surface area contributed by atoms with Crippen LogP contribution in [0.15, 0.2) is 65.1 Å². The Kier molecular flexibility index (Phi) is 5.12. The van der Waals surface area contributed by atoms with Gasteiger partial charge in [-0.2, -0.15) is 0 Å². The average molecular weight is 389 g/mol. The van der Waals surface area contributed by atoms with Crippen molar-refractivity contribution in [3.05, 3.63) is 54.9 Å². The van der Waals surface area contributed by atoms with Gasteiger partial charge in [0.15, 0.2) is 5.69 Å². The van der Waals surface area contributed by atoms with Crippen LogP contribution in [0.4, 0.5) is 5.69 Å². The van der Waals surface area contributed by atoms with Gasteiger partial charge in [-0.3, -0.25) is 4.79 Å². The zero-order chi connectivity index (χ0) is 20.4. The lowest BCUT2D eigenvalue weighted by atomic mass is 10.1. The van der Waals surface area contributed by atoms with E-state index in [4.69, 9.17) is 0 Å². The largest absolute Gasteiger partial charge is 0.493 e. The number of azo groups is 1. The van der Waals surface area contributed by atoms with Crippen LogP contribution in [0.25, 0.3) is 21.9 Å². The number of aryl methyl sites for hydroxylation is 1. The summed E-state index contributed by atoms with van der Waals surface area (Å²) in [5.74, 6) is 0.135. The molecule has 1 N–H and O–H groups in total. The highest BCUT2D eigenvalue weighted by molar-refractivity contribution is 5.95. The molecule has 148 valence electrons. The molecular formula is C22H23N5O2. The summed E-state index contributed by atoms with van der Waals surface area (Å²) >= 11 is 0. The summed E-state index contributed by atoms with van der Waals surface area (Å²) in [6.45, 7) is 4.99. The molecule has 2 heterocycles. The SMILES string of the molecule is CC(C)CCn1c(O)c(N=NC(=O)Cn2cnc3ccccc32)c2ccccc21. The number of fused-ring (bicyclic) bond motifs is 2. The van der Waals surface area contributed by atoms with Gasteiger partial charge >= 0.3 is 0 Å². The minimum Gasteiger partial charge on any atom is -0.493 e. The van der Waals surface area contributed by atoms with E-state index in [1.165, 1.54) is 0 Å². The second kappa shape index (κ2) is 7.87. The molecule has 2 aromatic carbocycles. The van der Waals surface area contributed by atoms with Crippen molar-refractivity contribution in [1.82, 2.24) is 14.1 Å². The van der Waals surface area contributed by atoms with Gasteiger partial charge in [0.25, 0.3) is 5.91 Å². The topological polar surface area (TPSA) is 84.8 Å². The van der Waals surface area contributed by atoms with Crippen LogP contribution in [0.1, 0.15) is 20.3 Å². The number of carbonyl (C=O) groups excluding carboxylic acids is 1. The lowest BCUT2D eigenvalue weighted by Crippen LogP contribution is -2.05.